The fourth-order valence-electron chi connectivity index (χ4n) is 3.14. The average molecular weight is 388 g/mol. The standard InChI is InChI=1S/C20H24N2O4S/c1-14-4-8-18(9-5-14)21-27(24,25)19-10-6-17(7-11-19)20(23)22-12-15(2)26-16(3)13-22/h4-11,15-16,21H,12-13H2,1-3H3/t15-,16-/m0/s1. The summed E-state index contributed by atoms with van der Waals surface area (Å²) < 4.78 is 33.3. The molecule has 144 valence electrons. The summed E-state index contributed by atoms with van der Waals surface area (Å²) >= 11 is 0. The molecule has 0 aromatic heterocycles. The van der Waals surface area contributed by atoms with Gasteiger partial charge in [-0.3, -0.25) is 9.52 Å². The molecular weight excluding hydrogens is 364 g/mol. The number of hydrogen-bond acceptors (Lipinski definition) is 4. The van der Waals surface area contributed by atoms with Gasteiger partial charge in [0, 0.05) is 24.3 Å². The van der Waals surface area contributed by atoms with Crippen LogP contribution in [0.3, 0.4) is 0 Å². The highest BCUT2D eigenvalue weighted by Crippen LogP contribution is 2.19. The zero-order valence-electron chi connectivity index (χ0n) is 15.7. The van der Waals surface area contributed by atoms with E-state index < -0.39 is 10.0 Å². The number of hydrogen-bond donors (Lipinski definition) is 1. The number of morpholine rings is 1. The van der Waals surface area contributed by atoms with E-state index in [-0.39, 0.29) is 23.0 Å². The average Bonchev–Trinajstić information content (AvgIpc) is 2.62. The summed E-state index contributed by atoms with van der Waals surface area (Å²) in [5.41, 5.74) is 2.01. The van der Waals surface area contributed by atoms with Crippen LogP contribution < -0.4 is 4.72 Å². The largest absolute Gasteiger partial charge is 0.372 e. The number of nitrogens with one attached hydrogen (secondary N) is 1. The Hall–Kier alpha value is -2.38. The molecule has 1 heterocycles. The van der Waals surface area contributed by atoms with Crippen molar-refractivity contribution in [1.29, 1.82) is 0 Å². The zero-order valence-corrected chi connectivity index (χ0v) is 16.5. The highest BCUT2D eigenvalue weighted by Gasteiger charge is 2.26. The second-order valence-corrected chi connectivity index (χ2v) is 8.65. The smallest absolute Gasteiger partial charge is 0.261 e. The minimum Gasteiger partial charge on any atom is -0.372 e. The summed E-state index contributed by atoms with van der Waals surface area (Å²) in [5, 5.41) is 0. The lowest BCUT2D eigenvalue weighted by molar-refractivity contribution is -0.0586. The lowest BCUT2D eigenvalue weighted by Crippen LogP contribution is -2.48. The number of ether oxygens (including phenoxy) is 1. The summed E-state index contributed by atoms with van der Waals surface area (Å²) in [4.78, 5) is 14.5. The van der Waals surface area contributed by atoms with Gasteiger partial charge >= 0.3 is 0 Å². The molecule has 1 N–H and O–H groups in total. The molecule has 1 fully saturated rings. The molecule has 0 spiro atoms. The Morgan fingerprint density at radius 3 is 2.11 bits per heavy atom. The molecule has 7 heteroatoms. The van der Waals surface area contributed by atoms with Gasteiger partial charge in [-0.05, 0) is 57.2 Å². The van der Waals surface area contributed by atoms with Crippen molar-refractivity contribution in [3.8, 4) is 0 Å². The first kappa shape index (κ1) is 19.4. The number of carbonyl (C=O) groups is 1. The normalized spacial score (nSPS) is 20.3. The van der Waals surface area contributed by atoms with Crippen LogP contribution in [-0.2, 0) is 14.8 Å². The Bertz CT molecular complexity index is 898. The van der Waals surface area contributed by atoms with Gasteiger partial charge in [0.25, 0.3) is 15.9 Å². The van der Waals surface area contributed by atoms with Crippen LogP contribution >= 0.6 is 0 Å². The van der Waals surface area contributed by atoms with E-state index in [4.69, 9.17) is 4.74 Å². The van der Waals surface area contributed by atoms with Crippen LogP contribution in [0.2, 0.25) is 0 Å². The molecule has 6 nitrogen and oxygen atoms in total. The molecule has 0 aliphatic carbocycles. The number of rotatable bonds is 4. The van der Waals surface area contributed by atoms with Gasteiger partial charge in [0.1, 0.15) is 0 Å². The van der Waals surface area contributed by atoms with Crippen molar-refractivity contribution in [2.75, 3.05) is 17.8 Å². The van der Waals surface area contributed by atoms with Gasteiger partial charge < -0.3 is 9.64 Å². The first-order chi connectivity index (χ1) is 12.7. The molecule has 1 saturated heterocycles. The van der Waals surface area contributed by atoms with Crippen molar-refractivity contribution in [2.45, 2.75) is 37.9 Å². The Morgan fingerprint density at radius 1 is 1.00 bits per heavy atom. The van der Waals surface area contributed by atoms with Crippen LogP contribution in [0, 0.1) is 6.92 Å². The summed E-state index contributed by atoms with van der Waals surface area (Å²) in [5.74, 6) is -0.118. The number of carbonyl (C=O) groups excluding carboxylic acids is 1. The van der Waals surface area contributed by atoms with Gasteiger partial charge in [0.15, 0.2) is 0 Å². The molecule has 27 heavy (non-hydrogen) atoms. The van der Waals surface area contributed by atoms with Gasteiger partial charge in [0.2, 0.25) is 0 Å². The second kappa shape index (κ2) is 7.70. The molecule has 2 aromatic carbocycles. The first-order valence-corrected chi connectivity index (χ1v) is 10.4. The van der Waals surface area contributed by atoms with Crippen LogP contribution in [0.4, 0.5) is 5.69 Å². The predicted molar refractivity (Wildman–Crippen MR) is 104 cm³/mol. The van der Waals surface area contributed by atoms with E-state index in [0.29, 0.717) is 24.3 Å². The van der Waals surface area contributed by atoms with Gasteiger partial charge in [-0.1, -0.05) is 17.7 Å². The lowest BCUT2D eigenvalue weighted by Gasteiger charge is -2.35. The maximum Gasteiger partial charge on any atom is 0.261 e. The van der Waals surface area contributed by atoms with Crippen LogP contribution in [0.25, 0.3) is 0 Å². The van der Waals surface area contributed by atoms with Crippen LogP contribution in [-0.4, -0.2) is 44.5 Å². The molecule has 0 unspecified atom stereocenters. The SMILES string of the molecule is Cc1ccc(NS(=O)(=O)c2ccc(C(=O)N3C[C@H](C)O[C@@H](C)C3)cc2)cc1. The molecule has 0 saturated carbocycles. The minimum absolute atomic E-state index is 0.0175. The van der Waals surface area contributed by atoms with E-state index in [1.165, 1.54) is 12.1 Å². The number of sulfonamides is 1. The topological polar surface area (TPSA) is 75.7 Å². The quantitative estimate of drug-likeness (QED) is 0.873. The Morgan fingerprint density at radius 2 is 1.56 bits per heavy atom. The van der Waals surface area contributed by atoms with E-state index in [1.807, 2.05) is 32.9 Å². The summed E-state index contributed by atoms with van der Waals surface area (Å²) in [6.07, 6.45) is -0.0351. The van der Waals surface area contributed by atoms with E-state index in [9.17, 15) is 13.2 Å². The maximum absolute atomic E-state index is 12.7. The van der Waals surface area contributed by atoms with Gasteiger partial charge in [-0.2, -0.15) is 0 Å². The van der Waals surface area contributed by atoms with E-state index >= 15 is 0 Å². The van der Waals surface area contributed by atoms with Crippen LogP contribution in [0.5, 0.6) is 0 Å². The van der Waals surface area contributed by atoms with E-state index in [0.717, 1.165) is 5.56 Å². The van der Waals surface area contributed by atoms with Gasteiger partial charge in [-0.25, -0.2) is 8.42 Å². The van der Waals surface area contributed by atoms with Crippen molar-refractivity contribution in [3.05, 3.63) is 59.7 Å². The minimum atomic E-state index is -3.71. The molecule has 1 aliphatic heterocycles. The fourth-order valence-corrected chi connectivity index (χ4v) is 4.20. The molecule has 0 radical (unpaired) electrons. The van der Waals surface area contributed by atoms with Gasteiger partial charge in [0.05, 0.1) is 17.1 Å². The van der Waals surface area contributed by atoms with Crippen molar-refractivity contribution in [3.63, 3.8) is 0 Å². The third-order valence-corrected chi connectivity index (χ3v) is 5.82. The van der Waals surface area contributed by atoms with Crippen molar-refractivity contribution in [2.24, 2.45) is 0 Å². The molecule has 3 rings (SSSR count). The molecule has 0 bridgehead atoms. The highest BCUT2D eigenvalue weighted by atomic mass is 32.2. The molecule has 1 aliphatic rings. The highest BCUT2D eigenvalue weighted by molar-refractivity contribution is 7.92. The lowest BCUT2D eigenvalue weighted by atomic mass is 10.1. The second-order valence-electron chi connectivity index (χ2n) is 6.96. The van der Waals surface area contributed by atoms with Crippen molar-refractivity contribution < 1.29 is 17.9 Å². The first-order valence-electron chi connectivity index (χ1n) is 8.89. The summed E-state index contributed by atoms with van der Waals surface area (Å²) in [6, 6.07) is 13.1. The van der Waals surface area contributed by atoms with Gasteiger partial charge in [-0.15, -0.1) is 0 Å². The third-order valence-electron chi connectivity index (χ3n) is 4.42. The third kappa shape index (κ3) is 4.67. The monoisotopic (exact) mass is 388 g/mol. The maximum atomic E-state index is 12.7. The fraction of sp³-hybridized carbons (Fsp3) is 0.350. The Balaban J connectivity index is 1.74. The number of aryl methyl sites for hydroxylation is 1. The van der Waals surface area contributed by atoms with Crippen LogP contribution in [0.1, 0.15) is 29.8 Å². The molecule has 1 amide bonds. The summed E-state index contributed by atoms with van der Waals surface area (Å²) in [7, 11) is -3.71. The number of amides is 1. The zero-order chi connectivity index (χ0) is 19.6. The van der Waals surface area contributed by atoms with E-state index in [2.05, 4.69) is 4.72 Å². The van der Waals surface area contributed by atoms with Crippen LogP contribution in [0.15, 0.2) is 53.4 Å². The molecular formula is C20H24N2O4S. The number of nitrogens with zero attached hydrogens (tertiary/aromatic N) is 1. The Kier molecular flexibility index (Phi) is 5.53. The number of benzene rings is 2. The predicted octanol–water partition coefficient (Wildman–Crippen LogP) is 3.05. The number of anilines is 1. The molecule has 2 atom stereocenters. The van der Waals surface area contributed by atoms with Crippen molar-refractivity contribution in [1.82, 2.24) is 4.90 Å². The molecule has 2 aromatic rings. The Labute approximate surface area is 160 Å². The van der Waals surface area contributed by atoms with Crippen molar-refractivity contribution >= 4 is 21.6 Å². The summed E-state index contributed by atoms with van der Waals surface area (Å²) in [6.45, 7) is 6.85. The van der Waals surface area contributed by atoms with E-state index in [1.54, 1.807) is 29.2 Å².